The van der Waals surface area contributed by atoms with Crippen LogP contribution in [0.15, 0.2) is 0 Å². The van der Waals surface area contributed by atoms with Gasteiger partial charge >= 0.3 is 10.4 Å². The highest BCUT2D eigenvalue weighted by atomic mass is 32.3. The van der Waals surface area contributed by atoms with Crippen molar-refractivity contribution in [1.82, 2.24) is 5.32 Å². The third-order valence-corrected chi connectivity index (χ3v) is 11.5. The van der Waals surface area contributed by atoms with Crippen LogP contribution in [0.25, 0.3) is 0 Å². The molecule has 1 fully saturated rings. The summed E-state index contributed by atoms with van der Waals surface area (Å²) in [5, 5.41) is 55.2. The maximum absolute atomic E-state index is 13.1. The van der Waals surface area contributed by atoms with Gasteiger partial charge in [-0.05, 0) is 12.8 Å². The number of carbonyl (C=O) groups excluding carboxylic acids is 1. The maximum Gasteiger partial charge on any atom is 0.397 e. The molecule has 1 saturated heterocycles. The highest BCUT2D eigenvalue weighted by molar-refractivity contribution is 7.80. The molecule has 334 valence electrons. The Hall–Kier alpha value is -0.940. The first kappa shape index (κ1) is 53.1. The second-order valence-electron chi connectivity index (χ2n) is 16.1. The molecule has 0 bridgehead atoms. The minimum absolute atomic E-state index is 0.265. The van der Waals surface area contributed by atoms with Crippen molar-refractivity contribution in [1.29, 1.82) is 0 Å². The first-order valence-corrected chi connectivity index (χ1v) is 23.9. The number of amides is 1. The molecular formula is C42H83NO12S. The van der Waals surface area contributed by atoms with Crippen molar-refractivity contribution < 1.29 is 57.0 Å². The SMILES string of the molecule is CCCCCCCCCCCCCCCCCCC(O)C(COC1OC(CO)C(O)C(OS(=O)(=O)O)C1O)NC(=O)C(O)CCCCCCCCCCCCC. The summed E-state index contributed by atoms with van der Waals surface area (Å²) in [7, 11) is -5.10. The van der Waals surface area contributed by atoms with Crippen LogP contribution in [0.2, 0.25) is 0 Å². The second kappa shape index (κ2) is 33.8. The molecule has 1 aliphatic rings. The summed E-state index contributed by atoms with van der Waals surface area (Å²) >= 11 is 0. The zero-order chi connectivity index (χ0) is 41.4. The van der Waals surface area contributed by atoms with Gasteiger partial charge in [-0.15, -0.1) is 0 Å². The smallest absolute Gasteiger partial charge is 0.394 e. The molecule has 0 aliphatic carbocycles. The Morgan fingerprint density at radius 1 is 0.643 bits per heavy atom. The summed E-state index contributed by atoms with van der Waals surface area (Å²) < 4.78 is 47.5. The number of aliphatic hydroxyl groups is 5. The predicted molar refractivity (Wildman–Crippen MR) is 219 cm³/mol. The predicted octanol–water partition coefficient (Wildman–Crippen LogP) is 7.19. The Bertz CT molecular complexity index is 1040. The number of nitrogens with one attached hydrogen (secondary N) is 1. The minimum Gasteiger partial charge on any atom is -0.394 e. The van der Waals surface area contributed by atoms with E-state index in [1.165, 1.54) is 122 Å². The Labute approximate surface area is 340 Å². The molecule has 8 unspecified atom stereocenters. The molecule has 7 N–H and O–H groups in total. The van der Waals surface area contributed by atoms with Crippen LogP contribution in [0, 0.1) is 0 Å². The Morgan fingerprint density at radius 2 is 1.04 bits per heavy atom. The normalized spacial score (nSPS) is 21.9. The van der Waals surface area contributed by atoms with Crippen molar-refractivity contribution >= 4 is 16.3 Å². The third kappa shape index (κ3) is 26.2. The first-order chi connectivity index (χ1) is 26.9. The lowest BCUT2D eigenvalue weighted by Gasteiger charge is -2.41. The molecule has 0 radical (unpaired) electrons. The van der Waals surface area contributed by atoms with Gasteiger partial charge in [0.1, 0.15) is 30.5 Å². The van der Waals surface area contributed by atoms with E-state index in [9.17, 15) is 38.7 Å². The van der Waals surface area contributed by atoms with Gasteiger partial charge in [0.25, 0.3) is 0 Å². The molecular weight excluding hydrogens is 743 g/mol. The van der Waals surface area contributed by atoms with E-state index in [1.54, 1.807) is 0 Å². The first-order valence-electron chi connectivity index (χ1n) is 22.5. The molecule has 0 aromatic carbocycles. The van der Waals surface area contributed by atoms with Crippen molar-refractivity contribution in [2.75, 3.05) is 13.2 Å². The van der Waals surface area contributed by atoms with E-state index in [4.69, 9.17) is 14.0 Å². The van der Waals surface area contributed by atoms with Crippen LogP contribution in [0.3, 0.4) is 0 Å². The number of rotatable bonds is 38. The summed E-state index contributed by atoms with van der Waals surface area (Å²) in [6.45, 7) is 3.26. The van der Waals surface area contributed by atoms with Gasteiger partial charge in [0, 0.05) is 0 Å². The summed E-state index contributed by atoms with van der Waals surface area (Å²) in [4.78, 5) is 13.1. The molecule has 8 atom stereocenters. The summed E-state index contributed by atoms with van der Waals surface area (Å²) in [5.41, 5.74) is 0. The lowest BCUT2D eigenvalue weighted by atomic mass is 9.99. The number of hydrogen-bond donors (Lipinski definition) is 7. The maximum atomic E-state index is 13.1. The van der Waals surface area contributed by atoms with Crippen LogP contribution in [-0.2, 0) is 28.9 Å². The monoisotopic (exact) mass is 826 g/mol. The third-order valence-electron chi connectivity index (χ3n) is 11.0. The molecule has 1 amide bonds. The van der Waals surface area contributed by atoms with E-state index >= 15 is 0 Å². The molecule has 0 aromatic heterocycles. The lowest BCUT2D eigenvalue weighted by molar-refractivity contribution is -0.298. The summed E-state index contributed by atoms with van der Waals surface area (Å²) in [6, 6.07) is -1.03. The van der Waals surface area contributed by atoms with Crippen LogP contribution in [0.1, 0.15) is 200 Å². The molecule has 0 saturated carbocycles. The fourth-order valence-electron chi connectivity index (χ4n) is 7.41. The van der Waals surface area contributed by atoms with Gasteiger partial charge < -0.3 is 40.3 Å². The fourth-order valence-corrected chi connectivity index (χ4v) is 7.92. The summed E-state index contributed by atoms with van der Waals surface area (Å²) in [6.07, 6.45) is 21.5. The van der Waals surface area contributed by atoms with Gasteiger partial charge in [0.05, 0.1) is 25.4 Å². The van der Waals surface area contributed by atoms with Gasteiger partial charge in [-0.1, -0.05) is 187 Å². The van der Waals surface area contributed by atoms with Crippen molar-refractivity contribution in [2.45, 2.75) is 249 Å². The topological polar surface area (TPSA) is 212 Å². The number of hydrogen-bond acceptors (Lipinski definition) is 11. The Kier molecular flexibility index (Phi) is 32.1. The second-order valence-corrected chi connectivity index (χ2v) is 17.2. The summed E-state index contributed by atoms with van der Waals surface area (Å²) in [5.74, 6) is -0.668. The van der Waals surface area contributed by atoms with Crippen molar-refractivity contribution in [3.05, 3.63) is 0 Å². The molecule has 0 spiro atoms. The van der Waals surface area contributed by atoms with Crippen LogP contribution >= 0.6 is 0 Å². The van der Waals surface area contributed by atoms with Gasteiger partial charge in [-0.25, -0.2) is 4.18 Å². The van der Waals surface area contributed by atoms with E-state index < -0.39 is 78.5 Å². The molecule has 14 heteroatoms. The quantitative estimate of drug-likeness (QED) is 0.0244. The molecule has 56 heavy (non-hydrogen) atoms. The van der Waals surface area contributed by atoms with Crippen molar-refractivity contribution in [3.63, 3.8) is 0 Å². The molecule has 1 heterocycles. The average Bonchev–Trinajstić information content (AvgIpc) is 3.16. The van der Waals surface area contributed by atoms with Crippen molar-refractivity contribution in [3.8, 4) is 0 Å². The molecule has 1 rings (SSSR count). The van der Waals surface area contributed by atoms with Crippen LogP contribution < -0.4 is 5.32 Å². The molecule has 0 aromatic rings. The Morgan fingerprint density at radius 3 is 1.43 bits per heavy atom. The fraction of sp³-hybridized carbons (Fsp3) is 0.976. The highest BCUT2D eigenvalue weighted by Crippen LogP contribution is 2.26. The van der Waals surface area contributed by atoms with E-state index in [2.05, 4.69) is 23.3 Å². The van der Waals surface area contributed by atoms with Crippen molar-refractivity contribution in [2.24, 2.45) is 0 Å². The standard InChI is InChI=1S/C42H83NO12S/c1-3-5-7-9-11-13-15-16-17-18-19-21-22-24-26-28-30-35(45)34(33-53-42-39(48)40(55-56(50,51)52)38(47)37(32-44)54-42)43-41(49)36(46)31-29-27-25-23-20-14-12-10-8-6-4-2/h34-40,42,44-48H,3-33H2,1-2H3,(H,43,49)(H,50,51,52). The van der Waals surface area contributed by atoms with Gasteiger partial charge in [0.2, 0.25) is 5.91 Å². The van der Waals surface area contributed by atoms with Gasteiger partial charge in [-0.3, -0.25) is 9.35 Å². The number of ether oxygens (including phenoxy) is 2. The van der Waals surface area contributed by atoms with E-state index in [0.29, 0.717) is 19.3 Å². The number of aliphatic hydroxyl groups excluding tert-OH is 5. The minimum atomic E-state index is -5.10. The van der Waals surface area contributed by atoms with Gasteiger partial charge in [-0.2, -0.15) is 8.42 Å². The zero-order valence-electron chi connectivity index (χ0n) is 35.1. The van der Waals surface area contributed by atoms with Gasteiger partial charge in [0.15, 0.2) is 6.29 Å². The molecule has 1 aliphatic heterocycles. The van der Waals surface area contributed by atoms with Crippen LogP contribution in [-0.4, -0.2) is 107 Å². The largest absolute Gasteiger partial charge is 0.397 e. The van der Waals surface area contributed by atoms with E-state index in [-0.39, 0.29) is 6.42 Å². The highest BCUT2D eigenvalue weighted by Gasteiger charge is 2.48. The number of unbranched alkanes of at least 4 members (excludes halogenated alkanes) is 25. The van der Waals surface area contributed by atoms with E-state index in [0.717, 1.165) is 38.5 Å². The average molecular weight is 826 g/mol. The van der Waals surface area contributed by atoms with Crippen LogP contribution in [0.5, 0.6) is 0 Å². The Balaban J connectivity index is 2.57. The lowest BCUT2D eigenvalue weighted by Crippen LogP contribution is -2.61. The van der Waals surface area contributed by atoms with E-state index in [1.807, 2.05) is 0 Å². The van der Waals surface area contributed by atoms with Crippen LogP contribution in [0.4, 0.5) is 0 Å². The number of carbonyl (C=O) groups is 1. The zero-order valence-corrected chi connectivity index (χ0v) is 35.9. The molecule has 13 nitrogen and oxygen atoms in total.